The van der Waals surface area contributed by atoms with Crippen LogP contribution in [0.3, 0.4) is 0 Å². The molecule has 78 valence electrons. The van der Waals surface area contributed by atoms with Gasteiger partial charge in [0.25, 0.3) is 5.56 Å². The van der Waals surface area contributed by atoms with Gasteiger partial charge in [0.05, 0.1) is 6.54 Å². The molecular formula is C11H10BrNOS. The highest BCUT2D eigenvalue weighted by Gasteiger charge is 2.05. The standard InChI is InChI=1S/C11H10BrNOS/c1-8-3-2-4-11(14)13(8)7-10-9(12)5-6-15-10/h2-6H,7H2,1H3. The van der Waals surface area contributed by atoms with Crippen LogP contribution in [0.2, 0.25) is 0 Å². The quantitative estimate of drug-likeness (QED) is 0.831. The van der Waals surface area contributed by atoms with Crippen molar-refractivity contribution in [1.82, 2.24) is 4.57 Å². The molecule has 15 heavy (non-hydrogen) atoms. The molecule has 2 rings (SSSR count). The molecule has 0 radical (unpaired) electrons. The predicted molar refractivity (Wildman–Crippen MR) is 66.6 cm³/mol. The van der Waals surface area contributed by atoms with Crippen molar-refractivity contribution < 1.29 is 0 Å². The third-order valence-corrected chi connectivity index (χ3v) is 4.17. The van der Waals surface area contributed by atoms with E-state index in [-0.39, 0.29) is 5.56 Å². The van der Waals surface area contributed by atoms with Crippen LogP contribution in [0.4, 0.5) is 0 Å². The third-order valence-electron chi connectivity index (χ3n) is 2.26. The molecule has 0 unspecified atom stereocenters. The van der Waals surface area contributed by atoms with E-state index in [1.165, 1.54) is 4.88 Å². The lowest BCUT2D eigenvalue weighted by atomic mass is 10.3. The first kappa shape index (κ1) is 10.6. The van der Waals surface area contributed by atoms with Crippen LogP contribution in [-0.4, -0.2) is 4.57 Å². The van der Waals surface area contributed by atoms with Gasteiger partial charge in [-0.25, -0.2) is 0 Å². The predicted octanol–water partition coefficient (Wildman–Crippen LogP) is 3.03. The largest absolute Gasteiger partial charge is 0.308 e. The zero-order valence-electron chi connectivity index (χ0n) is 8.24. The molecule has 0 bridgehead atoms. The summed E-state index contributed by atoms with van der Waals surface area (Å²) in [6.07, 6.45) is 0. The van der Waals surface area contributed by atoms with E-state index in [1.54, 1.807) is 28.0 Å². The van der Waals surface area contributed by atoms with Crippen LogP contribution in [0.5, 0.6) is 0 Å². The molecule has 0 aliphatic carbocycles. The van der Waals surface area contributed by atoms with Gasteiger partial charge in [0.1, 0.15) is 0 Å². The molecule has 2 heterocycles. The number of aromatic nitrogens is 1. The van der Waals surface area contributed by atoms with E-state index < -0.39 is 0 Å². The Labute approximate surface area is 100 Å². The van der Waals surface area contributed by atoms with Crippen molar-refractivity contribution in [2.45, 2.75) is 13.5 Å². The van der Waals surface area contributed by atoms with E-state index >= 15 is 0 Å². The van der Waals surface area contributed by atoms with Gasteiger partial charge in [-0.15, -0.1) is 11.3 Å². The van der Waals surface area contributed by atoms with Gasteiger partial charge >= 0.3 is 0 Å². The van der Waals surface area contributed by atoms with Crippen LogP contribution in [0.1, 0.15) is 10.6 Å². The van der Waals surface area contributed by atoms with Crippen LogP contribution in [-0.2, 0) is 6.54 Å². The molecular weight excluding hydrogens is 274 g/mol. The van der Waals surface area contributed by atoms with E-state index in [2.05, 4.69) is 15.9 Å². The van der Waals surface area contributed by atoms with Crippen molar-refractivity contribution in [3.63, 3.8) is 0 Å². The Bertz CT molecular complexity index is 529. The molecule has 0 saturated heterocycles. The lowest BCUT2D eigenvalue weighted by Gasteiger charge is -2.07. The summed E-state index contributed by atoms with van der Waals surface area (Å²) in [5, 5.41) is 2.02. The van der Waals surface area contributed by atoms with Gasteiger partial charge in [0, 0.05) is 21.1 Å². The van der Waals surface area contributed by atoms with E-state index in [0.29, 0.717) is 6.54 Å². The molecule has 2 aromatic rings. The zero-order valence-corrected chi connectivity index (χ0v) is 10.6. The maximum absolute atomic E-state index is 11.6. The van der Waals surface area contributed by atoms with Crippen molar-refractivity contribution in [2.24, 2.45) is 0 Å². The average molecular weight is 284 g/mol. The Balaban J connectivity index is 2.41. The zero-order chi connectivity index (χ0) is 10.8. The highest BCUT2D eigenvalue weighted by atomic mass is 79.9. The van der Waals surface area contributed by atoms with Crippen LogP contribution >= 0.6 is 27.3 Å². The summed E-state index contributed by atoms with van der Waals surface area (Å²) in [5.74, 6) is 0. The first-order valence-electron chi connectivity index (χ1n) is 4.57. The van der Waals surface area contributed by atoms with E-state index in [9.17, 15) is 4.79 Å². The van der Waals surface area contributed by atoms with Crippen LogP contribution in [0, 0.1) is 6.92 Å². The number of pyridine rings is 1. The smallest absolute Gasteiger partial charge is 0.251 e. The number of hydrogen-bond donors (Lipinski definition) is 0. The Morgan fingerprint density at radius 3 is 2.80 bits per heavy atom. The maximum atomic E-state index is 11.6. The topological polar surface area (TPSA) is 22.0 Å². The van der Waals surface area contributed by atoms with Crippen molar-refractivity contribution in [1.29, 1.82) is 0 Å². The summed E-state index contributed by atoms with van der Waals surface area (Å²) < 4.78 is 2.85. The monoisotopic (exact) mass is 283 g/mol. The fraction of sp³-hybridized carbons (Fsp3) is 0.182. The Kier molecular flexibility index (Phi) is 3.07. The number of nitrogens with zero attached hydrogens (tertiary/aromatic N) is 1. The summed E-state index contributed by atoms with van der Waals surface area (Å²) in [7, 11) is 0. The van der Waals surface area contributed by atoms with Gasteiger partial charge in [0.2, 0.25) is 0 Å². The summed E-state index contributed by atoms with van der Waals surface area (Å²) in [6, 6.07) is 7.33. The molecule has 0 aliphatic heterocycles. The van der Waals surface area contributed by atoms with E-state index in [0.717, 1.165) is 10.2 Å². The number of rotatable bonds is 2. The minimum Gasteiger partial charge on any atom is -0.308 e. The Hall–Kier alpha value is -0.870. The van der Waals surface area contributed by atoms with E-state index in [1.807, 2.05) is 24.4 Å². The second kappa shape index (κ2) is 4.33. The van der Waals surface area contributed by atoms with Gasteiger partial charge in [-0.05, 0) is 40.4 Å². The number of halogens is 1. The van der Waals surface area contributed by atoms with Gasteiger partial charge in [-0.3, -0.25) is 4.79 Å². The third kappa shape index (κ3) is 2.21. The highest BCUT2D eigenvalue weighted by molar-refractivity contribution is 9.10. The summed E-state index contributed by atoms with van der Waals surface area (Å²) in [5.41, 5.74) is 1.04. The lowest BCUT2D eigenvalue weighted by molar-refractivity contribution is 0.737. The molecule has 0 aromatic carbocycles. The van der Waals surface area contributed by atoms with Crippen molar-refractivity contribution in [2.75, 3.05) is 0 Å². The second-order valence-corrected chi connectivity index (χ2v) is 5.14. The normalized spacial score (nSPS) is 10.5. The molecule has 2 aromatic heterocycles. The Morgan fingerprint density at radius 1 is 1.40 bits per heavy atom. The molecule has 0 saturated carbocycles. The van der Waals surface area contributed by atoms with Gasteiger partial charge in [-0.2, -0.15) is 0 Å². The molecule has 2 nitrogen and oxygen atoms in total. The van der Waals surface area contributed by atoms with Crippen LogP contribution < -0.4 is 5.56 Å². The molecule has 0 atom stereocenters. The SMILES string of the molecule is Cc1cccc(=O)n1Cc1sccc1Br. The molecule has 0 spiro atoms. The van der Waals surface area contributed by atoms with Gasteiger partial charge in [0.15, 0.2) is 0 Å². The lowest BCUT2D eigenvalue weighted by Crippen LogP contribution is -2.21. The van der Waals surface area contributed by atoms with Gasteiger partial charge in [-0.1, -0.05) is 6.07 Å². The van der Waals surface area contributed by atoms with Crippen LogP contribution in [0.25, 0.3) is 0 Å². The Morgan fingerprint density at radius 2 is 2.20 bits per heavy atom. The first-order valence-corrected chi connectivity index (χ1v) is 6.24. The molecule has 0 fully saturated rings. The minimum absolute atomic E-state index is 0.0512. The van der Waals surface area contributed by atoms with Crippen molar-refractivity contribution in [3.8, 4) is 0 Å². The molecule has 0 N–H and O–H groups in total. The summed E-state index contributed by atoms with van der Waals surface area (Å²) in [6.45, 7) is 2.59. The van der Waals surface area contributed by atoms with Crippen molar-refractivity contribution >= 4 is 27.3 Å². The van der Waals surface area contributed by atoms with Crippen LogP contribution in [0.15, 0.2) is 38.9 Å². The maximum Gasteiger partial charge on any atom is 0.251 e. The number of aryl methyl sites for hydroxylation is 1. The molecule has 0 amide bonds. The van der Waals surface area contributed by atoms with Crippen molar-refractivity contribution in [3.05, 3.63) is 55.0 Å². The fourth-order valence-electron chi connectivity index (χ4n) is 1.41. The van der Waals surface area contributed by atoms with E-state index in [4.69, 9.17) is 0 Å². The molecule has 0 aliphatic rings. The second-order valence-electron chi connectivity index (χ2n) is 3.28. The highest BCUT2D eigenvalue weighted by Crippen LogP contribution is 2.23. The number of thiophene rings is 1. The fourth-order valence-corrected chi connectivity index (χ4v) is 2.87. The first-order chi connectivity index (χ1) is 7.18. The minimum atomic E-state index is 0.0512. The van der Waals surface area contributed by atoms with Gasteiger partial charge < -0.3 is 4.57 Å². The number of hydrogen-bond acceptors (Lipinski definition) is 2. The summed E-state index contributed by atoms with van der Waals surface area (Å²) in [4.78, 5) is 12.8. The average Bonchev–Trinajstić information content (AvgIpc) is 2.58. The summed E-state index contributed by atoms with van der Waals surface area (Å²) >= 11 is 5.12. The molecule has 4 heteroatoms.